The fourth-order valence-corrected chi connectivity index (χ4v) is 2.93. The topological polar surface area (TPSA) is 60.7 Å². The van der Waals surface area contributed by atoms with Gasteiger partial charge in [0, 0.05) is 0 Å². The fraction of sp³-hybridized carbons (Fsp3) is 1.00. The van der Waals surface area contributed by atoms with Crippen LogP contribution in [-0.4, -0.2) is 20.8 Å². The first-order valence-corrected chi connectivity index (χ1v) is 9.78. The molecule has 0 aromatic carbocycles. The second-order valence-electron chi connectivity index (χ2n) is 5.41. The molecular formula is C14H33O3P. The predicted molar refractivity (Wildman–Crippen MR) is 80.9 cm³/mol. The molecule has 3 N–H and O–H groups in total. The molecule has 0 amide bonds. The maximum absolute atomic E-state index is 8.83. The molecule has 0 radical (unpaired) electrons. The van der Waals surface area contributed by atoms with E-state index in [-0.39, 0.29) is 6.16 Å². The van der Waals surface area contributed by atoms with Gasteiger partial charge in [-0.3, -0.25) is 0 Å². The van der Waals surface area contributed by atoms with Crippen LogP contribution in [0.2, 0.25) is 0 Å². The summed E-state index contributed by atoms with van der Waals surface area (Å²) in [4.78, 5) is 26.5. The van der Waals surface area contributed by atoms with E-state index in [4.69, 9.17) is 14.7 Å². The number of rotatable bonds is 13. The second-order valence-corrected chi connectivity index (χ2v) is 7.46. The summed E-state index contributed by atoms with van der Waals surface area (Å²) in [6, 6.07) is 0. The summed E-state index contributed by atoms with van der Waals surface area (Å²) in [7, 11) is -3.75. The molecule has 0 rings (SSSR count). The third kappa shape index (κ3) is 16.3. The molecule has 0 unspecified atom stereocenters. The van der Waals surface area contributed by atoms with E-state index in [1.54, 1.807) is 0 Å². The van der Waals surface area contributed by atoms with Crippen molar-refractivity contribution in [1.29, 1.82) is 0 Å². The first kappa shape index (κ1) is 18.3. The average molecular weight is 280 g/mol. The van der Waals surface area contributed by atoms with Crippen molar-refractivity contribution in [2.75, 3.05) is 6.16 Å². The molecule has 0 saturated carbocycles. The molecule has 0 aliphatic carbocycles. The van der Waals surface area contributed by atoms with E-state index in [2.05, 4.69) is 6.92 Å². The zero-order valence-electron chi connectivity index (χ0n) is 12.0. The van der Waals surface area contributed by atoms with Gasteiger partial charge in [-0.05, 0) is 0 Å². The van der Waals surface area contributed by atoms with Crippen molar-refractivity contribution >= 4 is 7.94 Å². The molecular weight excluding hydrogens is 247 g/mol. The van der Waals surface area contributed by atoms with Crippen molar-refractivity contribution in [2.45, 2.75) is 84.0 Å². The normalized spacial score (nSPS) is 12.9. The van der Waals surface area contributed by atoms with Gasteiger partial charge in [0.2, 0.25) is 0 Å². The second kappa shape index (κ2) is 12.3. The van der Waals surface area contributed by atoms with E-state index < -0.39 is 7.94 Å². The van der Waals surface area contributed by atoms with Gasteiger partial charge in [0.25, 0.3) is 0 Å². The zero-order chi connectivity index (χ0) is 13.7. The minimum atomic E-state index is -3.75. The Morgan fingerprint density at radius 3 is 1.22 bits per heavy atom. The van der Waals surface area contributed by atoms with Crippen LogP contribution in [0, 0.1) is 0 Å². The Hall–Kier alpha value is 0.310. The summed E-state index contributed by atoms with van der Waals surface area (Å²) in [5.74, 6) is 0. The molecule has 0 aliphatic rings. The zero-order valence-corrected chi connectivity index (χ0v) is 13.0. The van der Waals surface area contributed by atoms with Gasteiger partial charge in [0.15, 0.2) is 0 Å². The van der Waals surface area contributed by atoms with Gasteiger partial charge in [-0.1, -0.05) is 13.3 Å². The Labute approximate surface area is 113 Å². The van der Waals surface area contributed by atoms with Gasteiger partial charge in [0.05, 0.1) is 0 Å². The van der Waals surface area contributed by atoms with Gasteiger partial charge < -0.3 is 0 Å². The summed E-state index contributed by atoms with van der Waals surface area (Å²) < 4.78 is 0. The first-order chi connectivity index (χ1) is 8.56. The SMILES string of the molecule is CCCCCCCCCCCCCC[PH](O)(O)O. The molecule has 0 bridgehead atoms. The van der Waals surface area contributed by atoms with E-state index in [0.717, 1.165) is 19.3 Å². The van der Waals surface area contributed by atoms with Crippen LogP contribution in [-0.2, 0) is 0 Å². The van der Waals surface area contributed by atoms with Crippen LogP contribution in [0.4, 0.5) is 0 Å². The molecule has 112 valence electrons. The van der Waals surface area contributed by atoms with Crippen molar-refractivity contribution in [3.8, 4) is 0 Å². The van der Waals surface area contributed by atoms with Crippen LogP contribution >= 0.6 is 7.94 Å². The van der Waals surface area contributed by atoms with E-state index in [1.165, 1.54) is 57.8 Å². The fourth-order valence-electron chi connectivity index (χ4n) is 2.20. The van der Waals surface area contributed by atoms with Gasteiger partial charge in [-0.25, -0.2) is 0 Å². The van der Waals surface area contributed by atoms with Gasteiger partial charge >= 0.3 is 99.4 Å². The van der Waals surface area contributed by atoms with Crippen LogP contribution in [0.15, 0.2) is 0 Å². The Kier molecular flexibility index (Phi) is 12.6. The van der Waals surface area contributed by atoms with Crippen molar-refractivity contribution in [2.24, 2.45) is 0 Å². The van der Waals surface area contributed by atoms with E-state index in [0.29, 0.717) is 0 Å². The molecule has 0 aromatic heterocycles. The maximum atomic E-state index is 8.83. The Morgan fingerprint density at radius 1 is 0.556 bits per heavy atom. The van der Waals surface area contributed by atoms with Crippen LogP contribution in [0.1, 0.15) is 84.0 Å². The predicted octanol–water partition coefficient (Wildman–Crippen LogP) is 4.16. The summed E-state index contributed by atoms with van der Waals surface area (Å²) in [6.45, 7) is 2.25. The van der Waals surface area contributed by atoms with E-state index in [1.807, 2.05) is 0 Å². The van der Waals surface area contributed by atoms with Gasteiger partial charge in [-0.2, -0.15) is 0 Å². The third-order valence-corrected chi connectivity index (χ3v) is 4.39. The van der Waals surface area contributed by atoms with Gasteiger partial charge in [-0.15, -0.1) is 0 Å². The molecule has 0 spiro atoms. The van der Waals surface area contributed by atoms with Crippen molar-refractivity contribution in [1.82, 2.24) is 0 Å². The van der Waals surface area contributed by atoms with Crippen molar-refractivity contribution in [3.05, 3.63) is 0 Å². The average Bonchev–Trinajstić information content (AvgIpc) is 2.29. The standard InChI is InChI=1S/C14H33O3P/c1-2-3-4-5-6-7-8-9-10-11-12-13-14-18(15,16)17/h15-18H,2-14H2,1H3. The first-order valence-electron chi connectivity index (χ1n) is 7.73. The monoisotopic (exact) mass is 280 g/mol. The van der Waals surface area contributed by atoms with Crippen LogP contribution in [0.5, 0.6) is 0 Å². The van der Waals surface area contributed by atoms with Crippen LogP contribution in [0.3, 0.4) is 0 Å². The molecule has 0 heterocycles. The molecule has 3 nitrogen and oxygen atoms in total. The van der Waals surface area contributed by atoms with Crippen LogP contribution in [0.25, 0.3) is 0 Å². The van der Waals surface area contributed by atoms with Gasteiger partial charge in [0.1, 0.15) is 0 Å². The molecule has 0 aromatic rings. The quantitative estimate of drug-likeness (QED) is 0.351. The Morgan fingerprint density at radius 2 is 0.889 bits per heavy atom. The number of hydrogen-bond acceptors (Lipinski definition) is 3. The summed E-state index contributed by atoms with van der Waals surface area (Å²) in [5.41, 5.74) is 0. The van der Waals surface area contributed by atoms with Crippen molar-refractivity contribution < 1.29 is 14.7 Å². The van der Waals surface area contributed by atoms with E-state index in [9.17, 15) is 0 Å². The summed E-state index contributed by atoms with van der Waals surface area (Å²) in [5, 5.41) is 0. The Bertz CT molecular complexity index is 169. The summed E-state index contributed by atoms with van der Waals surface area (Å²) >= 11 is 0. The minimum absolute atomic E-state index is 0.199. The van der Waals surface area contributed by atoms with Crippen LogP contribution < -0.4 is 0 Å². The molecule has 4 heteroatoms. The molecule has 18 heavy (non-hydrogen) atoms. The van der Waals surface area contributed by atoms with Crippen molar-refractivity contribution in [3.63, 3.8) is 0 Å². The number of unbranched alkanes of at least 4 members (excludes halogenated alkanes) is 11. The third-order valence-electron chi connectivity index (χ3n) is 3.37. The molecule has 0 atom stereocenters. The van der Waals surface area contributed by atoms with E-state index >= 15 is 0 Å². The Balaban J connectivity index is 2.99. The molecule has 0 fully saturated rings. The molecule has 0 aliphatic heterocycles. The number of hydrogen-bond donors (Lipinski definition) is 3. The summed E-state index contributed by atoms with van der Waals surface area (Å²) in [6.07, 6.45) is 15.2. The molecule has 0 saturated heterocycles.